The first kappa shape index (κ1) is 23.3. The maximum absolute atomic E-state index is 12.7. The second-order valence-electron chi connectivity index (χ2n) is 8.92. The molecule has 4 rings (SSSR count). The van der Waals surface area contributed by atoms with E-state index in [1.54, 1.807) is 6.07 Å². The number of halogens is 1. The number of hydrogen-bond acceptors (Lipinski definition) is 5. The number of nitrogens with one attached hydrogen (secondary N) is 2. The lowest BCUT2D eigenvalue weighted by molar-refractivity contribution is -0.118. The zero-order valence-electron chi connectivity index (χ0n) is 18.1. The van der Waals surface area contributed by atoms with Crippen LogP contribution in [0.25, 0.3) is 0 Å². The van der Waals surface area contributed by atoms with Crippen molar-refractivity contribution in [2.24, 2.45) is 5.92 Å². The van der Waals surface area contributed by atoms with Gasteiger partial charge in [-0.15, -0.1) is 0 Å². The van der Waals surface area contributed by atoms with Crippen LogP contribution in [-0.2, 0) is 21.2 Å². The Hall–Kier alpha value is -1.84. The van der Waals surface area contributed by atoms with Crippen molar-refractivity contribution in [2.45, 2.75) is 57.4 Å². The molecule has 0 aromatic heterocycles. The molecule has 176 valence electrons. The predicted molar refractivity (Wildman–Crippen MR) is 121 cm³/mol. The molecular formula is C22H30ClN3O5S. The lowest BCUT2D eigenvalue weighted by atomic mass is 9.87. The van der Waals surface area contributed by atoms with E-state index in [0.29, 0.717) is 49.1 Å². The molecule has 8 nitrogen and oxygen atoms in total. The largest absolute Gasteiger partial charge is 0.491 e. The minimum Gasteiger partial charge on any atom is -0.491 e. The summed E-state index contributed by atoms with van der Waals surface area (Å²) < 4.78 is 34.3. The molecule has 1 heterocycles. The molecule has 1 aromatic carbocycles. The molecule has 3 aliphatic rings. The number of benzene rings is 1. The molecule has 1 saturated heterocycles. The molecule has 3 amide bonds. The van der Waals surface area contributed by atoms with Gasteiger partial charge in [-0.25, -0.2) is 17.9 Å². The van der Waals surface area contributed by atoms with Crippen molar-refractivity contribution >= 4 is 33.6 Å². The van der Waals surface area contributed by atoms with Gasteiger partial charge >= 0.3 is 6.03 Å². The van der Waals surface area contributed by atoms with E-state index >= 15 is 0 Å². The Kier molecular flexibility index (Phi) is 7.27. The smallest absolute Gasteiger partial charge is 0.324 e. The number of urea groups is 1. The van der Waals surface area contributed by atoms with Crippen LogP contribution >= 0.6 is 11.6 Å². The Balaban J connectivity index is 1.29. The number of amides is 3. The van der Waals surface area contributed by atoms with Gasteiger partial charge in [0.15, 0.2) is 0 Å². The van der Waals surface area contributed by atoms with Crippen LogP contribution < -0.4 is 14.8 Å². The molecule has 0 spiro atoms. The molecule has 1 saturated carbocycles. The fourth-order valence-corrected chi connectivity index (χ4v) is 5.92. The third kappa shape index (κ3) is 5.94. The molecular weight excluding hydrogens is 454 g/mol. The summed E-state index contributed by atoms with van der Waals surface area (Å²) in [5, 5.41) is 2.82. The van der Waals surface area contributed by atoms with Crippen LogP contribution in [0.3, 0.4) is 0 Å². The van der Waals surface area contributed by atoms with Crippen LogP contribution in [0.2, 0.25) is 5.02 Å². The van der Waals surface area contributed by atoms with Crippen molar-refractivity contribution in [3.8, 4) is 5.75 Å². The van der Waals surface area contributed by atoms with E-state index in [2.05, 4.69) is 10.0 Å². The van der Waals surface area contributed by atoms with Crippen LogP contribution in [0.4, 0.5) is 4.79 Å². The standard InChI is InChI=1S/C22H30ClN3O5S/c23-18-10-9-16-17(21(18)31-14-15-7-8-15)5-4-6-19(16)25-32(29,30)12-3-1-2-11-26-13-20(27)24-22(26)28/h9-10,15,19,25H,1-8,11-14H2,(H,24,27,28). The van der Waals surface area contributed by atoms with Crippen LogP contribution in [0.1, 0.15) is 62.1 Å². The molecule has 2 fully saturated rings. The van der Waals surface area contributed by atoms with Crippen LogP contribution in [0, 0.1) is 5.92 Å². The van der Waals surface area contributed by atoms with Gasteiger partial charge in [-0.05, 0) is 62.5 Å². The highest BCUT2D eigenvalue weighted by Gasteiger charge is 2.29. The summed E-state index contributed by atoms with van der Waals surface area (Å²) in [5.41, 5.74) is 1.98. The minimum absolute atomic E-state index is 0.0303. The topological polar surface area (TPSA) is 105 Å². The first-order chi connectivity index (χ1) is 15.3. The number of ether oxygens (including phenoxy) is 1. The first-order valence-corrected chi connectivity index (χ1v) is 13.4. The number of unbranched alkanes of at least 4 members (excludes halogenated alkanes) is 2. The predicted octanol–water partition coefficient (Wildman–Crippen LogP) is 3.15. The monoisotopic (exact) mass is 483 g/mol. The molecule has 0 bridgehead atoms. The third-order valence-electron chi connectivity index (χ3n) is 6.23. The Morgan fingerprint density at radius 3 is 2.69 bits per heavy atom. The number of hydrogen-bond donors (Lipinski definition) is 2. The van der Waals surface area contributed by atoms with Crippen molar-refractivity contribution in [3.63, 3.8) is 0 Å². The van der Waals surface area contributed by atoms with Crippen LogP contribution in [0.5, 0.6) is 5.75 Å². The van der Waals surface area contributed by atoms with Crippen LogP contribution in [-0.4, -0.2) is 50.7 Å². The SMILES string of the molecule is O=C1CN(CCCCCS(=O)(=O)NC2CCCc3c2ccc(Cl)c3OCC2CC2)C(=O)N1. The Labute approximate surface area is 194 Å². The summed E-state index contributed by atoms with van der Waals surface area (Å²) in [5.74, 6) is 1.06. The lowest BCUT2D eigenvalue weighted by Gasteiger charge is -2.28. The zero-order valence-corrected chi connectivity index (χ0v) is 19.6. The molecule has 10 heteroatoms. The highest BCUT2D eigenvalue weighted by Crippen LogP contribution is 2.41. The quantitative estimate of drug-likeness (QED) is 0.371. The zero-order chi connectivity index (χ0) is 22.7. The van der Waals surface area contributed by atoms with Gasteiger partial charge < -0.3 is 9.64 Å². The molecule has 1 unspecified atom stereocenters. The van der Waals surface area contributed by atoms with E-state index in [1.165, 1.54) is 17.7 Å². The van der Waals surface area contributed by atoms with Gasteiger partial charge in [0, 0.05) is 18.2 Å². The first-order valence-electron chi connectivity index (χ1n) is 11.4. The second kappa shape index (κ2) is 9.97. The summed E-state index contributed by atoms with van der Waals surface area (Å²) in [4.78, 5) is 24.2. The van der Waals surface area contributed by atoms with E-state index in [4.69, 9.17) is 16.3 Å². The van der Waals surface area contributed by atoms with Crippen molar-refractivity contribution in [1.29, 1.82) is 0 Å². The maximum atomic E-state index is 12.7. The van der Waals surface area contributed by atoms with E-state index in [1.807, 2.05) is 6.07 Å². The highest BCUT2D eigenvalue weighted by molar-refractivity contribution is 7.89. The van der Waals surface area contributed by atoms with Crippen molar-refractivity contribution < 1.29 is 22.7 Å². The van der Waals surface area contributed by atoms with Gasteiger partial charge in [0.2, 0.25) is 15.9 Å². The van der Waals surface area contributed by atoms with Crippen molar-refractivity contribution in [1.82, 2.24) is 14.9 Å². The molecule has 0 radical (unpaired) electrons. The van der Waals surface area contributed by atoms with E-state index < -0.39 is 10.0 Å². The van der Waals surface area contributed by atoms with Crippen molar-refractivity contribution in [2.75, 3.05) is 25.4 Å². The summed E-state index contributed by atoms with van der Waals surface area (Å²) in [7, 11) is -3.45. The fourth-order valence-electron chi connectivity index (χ4n) is 4.31. The van der Waals surface area contributed by atoms with Crippen molar-refractivity contribution in [3.05, 3.63) is 28.3 Å². The number of sulfonamides is 1. The van der Waals surface area contributed by atoms with Gasteiger partial charge in [-0.2, -0.15) is 0 Å². The molecule has 1 aliphatic heterocycles. The lowest BCUT2D eigenvalue weighted by Crippen LogP contribution is -2.33. The highest BCUT2D eigenvalue weighted by atomic mass is 35.5. The average molecular weight is 484 g/mol. The van der Waals surface area contributed by atoms with E-state index in [0.717, 1.165) is 30.4 Å². The summed E-state index contributed by atoms with van der Waals surface area (Å²) in [6.07, 6.45) is 6.65. The number of fused-ring (bicyclic) bond motifs is 1. The Bertz CT molecular complexity index is 980. The minimum atomic E-state index is -3.45. The molecule has 1 aromatic rings. The average Bonchev–Trinajstić information content (AvgIpc) is 3.50. The number of imide groups is 1. The maximum Gasteiger partial charge on any atom is 0.324 e. The molecule has 2 N–H and O–H groups in total. The summed E-state index contributed by atoms with van der Waals surface area (Å²) in [6, 6.07) is 3.06. The number of rotatable bonds is 11. The van der Waals surface area contributed by atoms with Gasteiger partial charge in [-0.3, -0.25) is 10.1 Å². The fraction of sp³-hybridized carbons (Fsp3) is 0.636. The third-order valence-corrected chi connectivity index (χ3v) is 8.00. The van der Waals surface area contributed by atoms with Gasteiger partial charge in [0.1, 0.15) is 12.3 Å². The van der Waals surface area contributed by atoms with E-state index in [-0.39, 0.29) is 30.3 Å². The van der Waals surface area contributed by atoms with Gasteiger partial charge in [0.05, 0.1) is 17.4 Å². The summed E-state index contributed by atoms with van der Waals surface area (Å²) >= 11 is 6.40. The Morgan fingerprint density at radius 1 is 1.16 bits per heavy atom. The normalized spacial score (nSPS) is 20.9. The number of carbonyl (C=O) groups is 2. The summed E-state index contributed by atoms with van der Waals surface area (Å²) in [6.45, 7) is 1.20. The molecule has 2 aliphatic carbocycles. The molecule has 32 heavy (non-hydrogen) atoms. The number of carbonyl (C=O) groups excluding carboxylic acids is 2. The van der Waals surface area contributed by atoms with Gasteiger partial charge in [-0.1, -0.05) is 24.1 Å². The number of nitrogens with zero attached hydrogens (tertiary/aromatic N) is 1. The van der Waals surface area contributed by atoms with Gasteiger partial charge in [0.25, 0.3) is 0 Å². The Morgan fingerprint density at radius 2 is 1.97 bits per heavy atom. The second-order valence-corrected chi connectivity index (χ2v) is 11.2. The van der Waals surface area contributed by atoms with E-state index in [9.17, 15) is 18.0 Å². The molecule has 1 atom stereocenters. The van der Waals surface area contributed by atoms with Crippen LogP contribution in [0.15, 0.2) is 12.1 Å².